The number of amides is 1. The molecule has 0 spiro atoms. The lowest BCUT2D eigenvalue weighted by atomic mass is 10.2. The van der Waals surface area contributed by atoms with E-state index in [1.54, 1.807) is 11.8 Å². The van der Waals surface area contributed by atoms with Gasteiger partial charge in [-0.05, 0) is 50.8 Å². The van der Waals surface area contributed by atoms with Crippen molar-refractivity contribution < 1.29 is 4.79 Å². The average Bonchev–Trinajstić information content (AvgIpc) is 3.10. The quantitative estimate of drug-likeness (QED) is 0.747. The van der Waals surface area contributed by atoms with Gasteiger partial charge in [0.2, 0.25) is 5.91 Å². The van der Waals surface area contributed by atoms with Crippen molar-refractivity contribution in [1.29, 1.82) is 0 Å². The van der Waals surface area contributed by atoms with Crippen molar-refractivity contribution in [1.82, 2.24) is 10.3 Å². The van der Waals surface area contributed by atoms with Gasteiger partial charge in [-0.25, -0.2) is 4.98 Å². The first-order valence-corrected chi connectivity index (χ1v) is 7.66. The lowest BCUT2D eigenvalue weighted by Crippen LogP contribution is -2.42. The first-order valence-electron chi connectivity index (χ1n) is 6.68. The number of aromatic nitrogens is 1. The van der Waals surface area contributed by atoms with Gasteiger partial charge in [-0.15, -0.1) is 11.8 Å². The Morgan fingerprint density at radius 2 is 2.26 bits per heavy atom. The number of nitrogens with zero attached hydrogens (tertiary/aromatic N) is 1. The second kappa shape index (κ2) is 6.39. The molecule has 1 atom stereocenters. The molecule has 1 aliphatic carbocycles. The van der Waals surface area contributed by atoms with Gasteiger partial charge in [0.1, 0.15) is 0 Å². The molecule has 5 heteroatoms. The standard InChI is InChI=1S/C14H21N3OS/c1-9-7-10(2)16-13(8-9)19-6-5-12(14(15)18)17-11-3-4-11/h7-8,11-12,17H,3-6H2,1-2H3,(H2,15,18). The smallest absolute Gasteiger partial charge is 0.234 e. The van der Waals surface area contributed by atoms with E-state index in [-0.39, 0.29) is 11.9 Å². The molecule has 0 saturated heterocycles. The Morgan fingerprint density at radius 1 is 1.53 bits per heavy atom. The highest BCUT2D eigenvalue weighted by Gasteiger charge is 2.26. The van der Waals surface area contributed by atoms with Gasteiger partial charge in [-0.1, -0.05) is 0 Å². The molecule has 1 aromatic heterocycles. The maximum absolute atomic E-state index is 11.3. The molecule has 104 valence electrons. The summed E-state index contributed by atoms with van der Waals surface area (Å²) < 4.78 is 0. The van der Waals surface area contributed by atoms with E-state index in [0.29, 0.717) is 6.04 Å². The second-order valence-electron chi connectivity index (χ2n) is 5.16. The van der Waals surface area contributed by atoms with Crippen molar-refractivity contribution in [3.63, 3.8) is 0 Å². The molecule has 1 amide bonds. The van der Waals surface area contributed by atoms with E-state index in [9.17, 15) is 4.79 Å². The maximum Gasteiger partial charge on any atom is 0.234 e. The number of carbonyl (C=O) groups excluding carboxylic acids is 1. The predicted octanol–water partition coefficient (Wildman–Crippen LogP) is 1.79. The molecule has 4 nitrogen and oxygen atoms in total. The Kier molecular flexibility index (Phi) is 4.82. The minimum atomic E-state index is -0.249. The third-order valence-electron chi connectivity index (χ3n) is 3.09. The number of rotatable bonds is 7. The normalized spacial score (nSPS) is 16.3. The van der Waals surface area contributed by atoms with Crippen molar-refractivity contribution in [2.75, 3.05) is 5.75 Å². The van der Waals surface area contributed by atoms with E-state index in [2.05, 4.69) is 29.4 Å². The Labute approximate surface area is 118 Å². The predicted molar refractivity (Wildman–Crippen MR) is 78.2 cm³/mol. The van der Waals surface area contributed by atoms with Crippen molar-refractivity contribution in [3.05, 3.63) is 23.4 Å². The van der Waals surface area contributed by atoms with Gasteiger partial charge in [0.15, 0.2) is 0 Å². The Hall–Kier alpha value is -1.07. The number of hydrogen-bond acceptors (Lipinski definition) is 4. The van der Waals surface area contributed by atoms with Gasteiger partial charge in [-0.2, -0.15) is 0 Å². The first-order chi connectivity index (χ1) is 9.04. The molecule has 1 unspecified atom stereocenters. The topological polar surface area (TPSA) is 68.0 Å². The lowest BCUT2D eigenvalue weighted by Gasteiger charge is -2.14. The van der Waals surface area contributed by atoms with Crippen LogP contribution in [0.25, 0.3) is 0 Å². The van der Waals surface area contributed by atoms with Crippen LogP contribution in [0.4, 0.5) is 0 Å². The Balaban J connectivity index is 1.81. The summed E-state index contributed by atoms with van der Waals surface area (Å²) in [4.78, 5) is 15.8. The zero-order chi connectivity index (χ0) is 13.8. The zero-order valence-electron chi connectivity index (χ0n) is 11.5. The zero-order valence-corrected chi connectivity index (χ0v) is 12.3. The summed E-state index contributed by atoms with van der Waals surface area (Å²) in [7, 11) is 0. The van der Waals surface area contributed by atoms with Crippen LogP contribution in [0.2, 0.25) is 0 Å². The molecule has 1 heterocycles. The lowest BCUT2D eigenvalue weighted by molar-refractivity contribution is -0.120. The van der Waals surface area contributed by atoms with Gasteiger partial charge in [-0.3, -0.25) is 4.79 Å². The number of hydrogen-bond donors (Lipinski definition) is 2. The highest BCUT2D eigenvalue weighted by Crippen LogP contribution is 2.22. The van der Waals surface area contributed by atoms with Crippen molar-refractivity contribution in [2.24, 2.45) is 5.73 Å². The van der Waals surface area contributed by atoms with E-state index in [0.717, 1.165) is 35.7 Å². The third-order valence-corrected chi connectivity index (χ3v) is 4.03. The number of thioether (sulfide) groups is 1. The highest BCUT2D eigenvalue weighted by molar-refractivity contribution is 7.99. The van der Waals surface area contributed by atoms with Crippen LogP contribution in [0.5, 0.6) is 0 Å². The summed E-state index contributed by atoms with van der Waals surface area (Å²) in [6, 6.07) is 4.43. The monoisotopic (exact) mass is 279 g/mol. The summed E-state index contributed by atoms with van der Waals surface area (Å²) >= 11 is 1.68. The number of primary amides is 1. The SMILES string of the molecule is Cc1cc(C)nc(SCCC(NC2CC2)C(N)=O)c1. The molecule has 0 bridgehead atoms. The second-order valence-corrected chi connectivity index (χ2v) is 6.27. The molecule has 1 aliphatic rings. The van der Waals surface area contributed by atoms with Gasteiger partial charge in [0.05, 0.1) is 11.1 Å². The molecular formula is C14H21N3OS. The third kappa shape index (κ3) is 4.84. The fourth-order valence-corrected chi connectivity index (χ4v) is 3.04. The molecule has 1 fully saturated rings. The van der Waals surface area contributed by atoms with E-state index < -0.39 is 0 Å². The maximum atomic E-state index is 11.3. The molecule has 1 aromatic rings. The number of nitrogens with two attached hydrogens (primary N) is 1. The number of nitrogens with one attached hydrogen (secondary N) is 1. The van der Waals surface area contributed by atoms with E-state index in [4.69, 9.17) is 5.73 Å². The highest BCUT2D eigenvalue weighted by atomic mass is 32.2. The van der Waals surface area contributed by atoms with Crippen LogP contribution < -0.4 is 11.1 Å². The molecule has 0 radical (unpaired) electrons. The van der Waals surface area contributed by atoms with Gasteiger partial charge >= 0.3 is 0 Å². The number of pyridine rings is 1. The fourth-order valence-electron chi connectivity index (χ4n) is 2.00. The minimum absolute atomic E-state index is 0.203. The Morgan fingerprint density at radius 3 is 2.84 bits per heavy atom. The minimum Gasteiger partial charge on any atom is -0.368 e. The summed E-state index contributed by atoms with van der Waals surface area (Å²) in [5.41, 5.74) is 7.67. The van der Waals surface area contributed by atoms with Crippen molar-refractivity contribution >= 4 is 17.7 Å². The number of carbonyl (C=O) groups is 1. The van der Waals surface area contributed by atoms with Gasteiger partial charge < -0.3 is 11.1 Å². The van der Waals surface area contributed by atoms with Gasteiger partial charge in [0.25, 0.3) is 0 Å². The average molecular weight is 279 g/mol. The molecular weight excluding hydrogens is 258 g/mol. The molecule has 0 aromatic carbocycles. The van der Waals surface area contributed by atoms with Crippen LogP contribution >= 0.6 is 11.8 Å². The van der Waals surface area contributed by atoms with Crippen LogP contribution in [-0.4, -0.2) is 28.7 Å². The largest absolute Gasteiger partial charge is 0.368 e. The van der Waals surface area contributed by atoms with E-state index in [1.165, 1.54) is 5.56 Å². The Bertz CT molecular complexity index is 440. The van der Waals surface area contributed by atoms with Crippen LogP contribution in [0.1, 0.15) is 30.5 Å². The molecule has 3 N–H and O–H groups in total. The molecule has 0 aliphatic heterocycles. The van der Waals surface area contributed by atoms with Crippen LogP contribution in [0.3, 0.4) is 0 Å². The summed E-state index contributed by atoms with van der Waals surface area (Å²) in [6.07, 6.45) is 3.08. The fraction of sp³-hybridized carbons (Fsp3) is 0.571. The summed E-state index contributed by atoms with van der Waals surface area (Å²) in [5.74, 6) is 0.601. The van der Waals surface area contributed by atoms with Crippen LogP contribution in [0.15, 0.2) is 17.2 Å². The first kappa shape index (κ1) is 14.3. The van der Waals surface area contributed by atoms with Gasteiger partial charge in [0, 0.05) is 17.5 Å². The molecule has 19 heavy (non-hydrogen) atoms. The summed E-state index contributed by atoms with van der Waals surface area (Å²) in [6.45, 7) is 4.07. The van der Waals surface area contributed by atoms with E-state index in [1.807, 2.05) is 6.92 Å². The van der Waals surface area contributed by atoms with Crippen molar-refractivity contribution in [3.8, 4) is 0 Å². The molecule has 1 saturated carbocycles. The molecule has 2 rings (SSSR count). The summed E-state index contributed by atoms with van der Waals surface area (Å²) in [5, 5.41) is 4.31. The number of aryl methyl sites for hydroxylation is 2. The van der Waals surface area contributed by atoms with Crippen LogP contribution in [-0.2, 0) is 4.79 Å². The van der Waals surface area contributed by atoms with Crippen LogP contribution in [0, 0.1) is 13.8 Å². The van der Waals surface area contributed by atoms with Crippen molar-refractivity contribution in [2.45, 2.75) is 50.2 Å². The van der Waals surface area contributed by atoms with E-state index >= 15 is 0 Å².